The van der Waals surface area contributed by atoms with Crippen LogP contribution in [0.4, 0.5) is 11.4 Å². The Hall–Kier alpha value is -1.18. The lowest BCUT2D eigenvalue weighted by Gasteiger charge is -2.29. The molecule has 1 aromatic rings. The van der Waals surface area contributed by atoms with Crippen molar-refractivity contribution in [2.24, 2.45) is 0 Å². The van der Waals surface area contributed by atoms with Crippen LogP contribution in [0.25, 0.3) is 0 Å². The molecule has 106 valence electrons. The molecule has 0 bridgehead atoms. The lowest BCUT2D eigenvalue weighted by atomic mass is 10.1. The summed E-state index contributed by atoms with van der Waals surface area (Å²) >= 11 is 0. The van der Waals surface area contributed by atoms with E-state index >= 15 is 0 Å². The van der Waals surface area contributed by atoms with Crippen LogP contribution in [0, 0.1) is 0 Å². The molecule has 0 spiro atoms. The van der Waals surface area contributed by atoms with Gasteiger partial charge in [0.05, 0.1) is 0 Å². The minimum Gasteiger partial charge on any atom is -0.382 e. The maximum Gasteiger partial charge on any atom is 0.0367 e. The first-order valence-electron chi connectivity index (χ1n) is 7.95. The van der Waals surface area contributed by atoms with Gasteiger partial charge in [-0.1, -0.05) is 20.3 Å². The first-order chi connectivity index (χ1) is 9.33. The van der Waals surface area contributed by atoms with E-state index in [0.29, 0.717) is 6.04 Å². The van der Waals surface area contributed by atoms with E-state index in [0.717, 1.165) is 0 Å². The fourth-order valence-corrected chi connectivity index (χ4v) is 2.88. The first kappa shape index (κ1) is 14.2. The third-order valence-corrected chi connectivity index (χ3v) is 4.09. The van der Waals surface area contributed by atoms with Crippen molar-refractivity contribution in [3.63, 3.8) is 0 Å². The van der Waals surface area contributed by atoms with E-state index in [1.54, 1.807) is 0 Å². The lowest BCUT2D eigenvalue weighted by Crippen LogP contribution is -2.29. The second kappa shape index (κ2) is 7.42. The normalized spacial score (nSPS) is 17.3. The third kappa shape index (κ3) is 4.15. The van der Waals surface area contributed by atoms with Crippen LogP contribution in [-0.2, 0) is 0 Å². The summed E-state index contributed by atoms with van der Waals surface area (Å²) < 4.78 is 0. The van der Waals surface area contributed by atoms with Gasteiger partial charge in [-0.3, -0.25) is 0 Å². The van der Waals surface area contributed by atoms with E-state index < -0.39 is 0 Å². The molecule has 0 aromatic heterocycles. The van der Waals surface area contributed by atoms with Gasteiger partial charge in [0.2, 0.25) is 0 Å². The van der Waals surface area contributed by atoms with Gasteiger partial charge in [0.1, 0.15) is 0 Å². The van der Waals surface area contributed by atoms with Gasteiger partial charge in [-0.2, -0.15) is 0 Å². The molecule has 19 heavy (non-hydrogen) atoms. The van der Waals surface area contributed by atoms with Crippen molar-refractivity contribution < 1.29 is 0 Å². The molecule has 1 saturated heterocycles. The molecule has 0 saturated carbocycles. The molecule has 2 rings (SSSR count). The smallest absolute Gasteiger partial charge is 0.0367 e. The van der Waals surface area contributed by atoms with Gasteiger partial charge in [-0.15, -0.1) is 0 Å². The topological polar surface area (TPSA) is 15.3 Å². The van der Waals surface area contributed by atoms with Gasteiger partial charge < -0.3 is 10.2 Å². The Labute approximate surface area is 118 Å². The van der Waals surface area contributed by atoms with E-state index in [-0.39, 0.29) is 0 Å². The summed E-state index contributed by atoms with van der Waals surface area (Å²) in [6.45, 7) is 6.96. The largest absolute Gasteiger partial charge is 0.382 e. The number of nitrogens with zero attached hydrogens (tertiary/aromatic N) is 1. The van der Waals surface area contributed by atoms with E-state index in [1.807, 2.05) is 0 Å². The molecular weight excluding hydrogens is 232 g/mol. The quantitative estimate of drug-likeness (QED) is 0.799. The second-order valence-electron chi connectivity index (χ2n) is 5.63. The van der Waals surface area contributed by atoms with Crippen molar-refractivity contribution in [3.05, 3.63) is 24.3 Å². The number of hydrogen-bond donors (Lipinski definition) is 1. The van der Waals surface area contributed by atoms with Gasteiger partial charge in [0, 0.05) is 30.5 Å². The lowest BCUT2D eigenvalue weighted by molar-refractivity contribution is 0.578. The van der Waals surface area contributed by atoms with E-state index in [4.69, 9.17) is 0 Å². The maximum absolute atomic E-state index is 3.64. The number of benzene rings is 1. The standard InChI is InChI=1S/C17H28N2/c1-3-8-15(4-2)18-16-9-11-17(12-10-16)19-13-6-5-7-14-19/h9-12,15,18H,3-8,13-14H2,1-2H3. The van der Waals surface area contributed by atoms with Crippen LogP contribution >= 0.6 is 0 Å². The minimum atomic E-state index is 0.617. The highest BCUT2D eigenvalue weighted by molar-refractivity contribution is 5.55. The van der Waals surface area contributed by atoms with Crippen LogP contribution in [0.5, 0.6) is 0 Å². The Kier molecular flexibility index (Phi) is 5.56. The summed E-state index contributed by atoms with van der Waals surface area (Å²) in [6.07, 6.45) is 7.78. The molecule has 1 aliphatic rings. The monoisotopic (exact) mass is 260 g/mol. The zero-order chi connectivity index (χ0) is 13.5. The van der Waals surface area contributed by atoms with Crippen molar-refractivity contribution in [2.75, 3.05) is 23.3 Å². The summed E-state index contributed by atoms with van der Waals surface area (Å²) in [4.78, 5) is 2.51. The number of piperidine rings is 1. The highest BCUT2D eigenvalue weighted by atomic mass is 15.1. The predicted octanol–water partition coefficient (Wildman–Crippen LogP) is 4.67. The fourth-order valence-electron chi connectivity index (χ4n) is 2.88. The molecular formula is C17H28N2. The van der Waals surface area contributed by atoms with Crippen LogP contribution in [-0.4, -0.2) is 19.1 Å². The number of anilines is 2. The van der Waals surface area contributed by atoms with Gasteiger partial charge in [-0.05, 0) is 56.4 Å². The highest BCUT2D eigenvalue weighted by Gasteiger charge is 2.11. The van der Waals surface area contributed by atoms with E-state index in [9.17, 15) is 0 Å². The molecule has 1 N–H and O–H groups in total. The van der Waals surface area contributed by atoms with Crippen molar-refractivity contribution in [1.29, 1.82) is 0 Å². The summed E-state index contributed by atoms with van der Waals surface area (Å²) in [5.74, 6) is 0. The molecule has 2 nitrogen and oxygen atoms in total. The molecule has 0 amide bonds. The van der Waals surface area contributed by atoms with E-state index in [1.165, 1.54) is 63.0 Å². The first-order valence-corrected chi connectivity index (χ1v) is 7.95. The van der Waals surface area contributed by atoms with Crippen LogP contribution < -0.4 is 10.2 Å². The Morgan fingerprint density at radius 2 is 1.74 bits per heavy atom. The number of nitrogens with one attached hydrogen (secondary N) is 1. The third-order valence-electron chi connectivity index (χ3n) is 4.09. The molecule has 1 atom stereocenters. The van der Waals surface area contributed by atoms with Gasteiger partial charge in [0.25, 0.3) is 0 Å². The summed E-state index contributed by atoms with van der Waals surface area (Å²) in [7, 11) is 0. The summed E-state index contributed by atoms with van der Waals surface area (Å²) in [6, 6.07) is 9.63. The van der Waals surface area contributed by atoms with E-state index in [2.05, 4.69) is 48.3 Å². The van der Waals surface area contributed by atoms with Crippen molar-refractivity contribution in [2.45, 2.75) is 58.4 Å². The molecule has 1 aliphatic heterocycles. The molecule has 1 heterocycles. The molecule has 1 fully saturated rings. The van der Waals surface area contributed by atoms with Crippen LogP contribution in [0.1, 0.15) is 52.4 Å². The van der Waals surface area contributed by atoms with Crippen molar-refractivity contribution >= 4 is 11.4 Å². The summed E-state index contributed by atoms with van der Waals surface area (Å²) in [5, 5.41) is 3.64. The Balaban J connectivity index is 1.93. The van der Waals surface area contributed by atoms with Crippen molar-refractivity contribution in [3.8, 4) is 0 Å². The molecule has 1 unspecified atom stereocenters. The zero-order valence-corrected chi connectivity index (χ0v) is 12.5. The van der Waals surface area contributed by atoms with Gasteiger partial charge in [0.15, 0.2) is 0 Å². The average Bonchev–Trinajstić information content (AvgIpc) is 2.48. The average molecular weight is 260 g/mol. The fraction of sp³-hybridized carbons (Fsp3) is 0.647. The van der Waals surface area contributed by atoms with Gasteiger partial charge >= 0.3 is 0 Å². The molecule has 1 aromatic carbocycles. The maximum atomic E-state index is 3.64. The molecule has 0 aliphatic carbocycles. The molecule has 2 heteroatoms. The summed E-state index contributed by atoms with van der Waals surface area (Å²) in [5.41, 5.74) is 2.65. The van der Waals surface area contributed by atoms with Crippen LogP contribution in [0.2, 0.25) is 0 Å². The highest BCUT2D eigenvalue weighted by Crippen LogP contribution is 2.22. The Morgan fingerprint density at radius 3 is 2.32 bits per heavy atom. The predicted molar refractivity (Wildman–Crippen MR) is 85.1 cm³/mol. The van der Waals surface area contributed by atoms with Crippen LogP contribution in [0.3, 0.4) is 0 Å². The second-order valence-corrected chi connectivity index (χ2v) is 5.63. The van der Waals surface area contributed by atoms with Gasteiger partial charge in [-0.25, -0.2) is 0 Å². The number of rotatable bonds is 6. The number of hydrogen-bond acceptors (Lipinski definition) is 2. The van der Waals surface area contributed by atoms with Crippen LogP contribution in [0.15, 0.2) is 24.3 Å². The van der Waals surface area contributed by atoms with Crippen molar-refractivity contribution in [1.82, 2.24) is 0 Å². The SMILES string of the molecule is CCCC(CC)Nc1ccc(N2CCCCC2)cc1. The minimum absolute atomic E-state index is 0.617. The Bertz CT molecular complexity index is 352. The Morgan fingerprint density at radius 1 is 1.05 bits per heavy atom. The zero-order valence-electron chi connectivity index (χ0n) is 12.5. The molecule has 0 radical (unpaired) electrons.